The van der Waals surface area contributed by atoms with Gasteiger partial charge in [-0.1, -0.05) is 31.0 Å². The molecule has 0 radical (unpaired) electrons. The zero-order chi connectivity index (χ0) is 28.1. The monoisotopic (exact) mass is 550 g/mol. The third-order valence-electron chi connectivity index (χ3n) is 8.48. The largest absolute Gasteiger partial charge is 0.416 e. The van der Waals surface area contributed by atoms with Crippen molar-refractivity contribution in [3.05, 3.63) is 78.0 Å². The quantitative estimate of drug-likeness (QED) is 0.307. The molecule has 1 aliphatic carbocycles. The lowest BCUT2D eigenvalue weighted by Crippen LogP contribution is -2.39. The number of alkyl halides is 3. The molecule has 2 aromatic carbocycles. The van der Waals surface area contributed by atoms with Gasteiger partial charge < -0.3 is 15.1 Å². The molecule has 214 valence electrons. The van der Waals surface area contributed by atoms with Gasteiger partial charge in [-0.2, -0.15) is 13.2 Å². The Labute approximate surface area is 236 Å². The first-order valence-corrected chi connectivity index (χ1v) is 14.6. The summed E-state index contributed by atoms with van der Waals surface area (Å²) in [4.78, 5) is 9.13. The number of piperidine rings is 1. The molecule has 1 aliphatic heterocycles. The van der Waals surface area contributed by atoms with E-state index in [9.17, 15) is 13.2 Å². The molecule has 2 fully saturated rings. The lowest BCUT2D eigenvalue weighted by molar-refractivity contribution is -0.137. The average Bonchev–Trinajstić information content (AvgIpc) is 2.94. The number of benzene rings is 2. The van der Waals surface area contributed by atoms with Crippen LogP contribution in [0, 0.1) is 11.8 Å². The minimum absolute atomic E-state index is 0.387. The summed E-state index contributed by atoms with van der Waals surface area (Å²) < 4.78 is 39.1. The Kier molecular flexibility index (Phi) is 8.99. The molecule has 1 N–H and O–H groups in total. The lowest BCUT2D eigenvalue weighted by Gasteiger charge is -2.39. The number of halogens is 3. The van der Waals surface area contributed by atoms with Crippen molar-refractivity contribution in [1.82, 2.24) is 9.88 Å². The van der Waals surface area contributed by atoms with Gasteiger partial charge in [-0.25, -0.2) is 4.98 Å². The van der Waals surface area contributed by atoms with Crippen LogP contribution in [0.2, 0.25) is 0 Å². The second kappa shape index (κ2) is 12.6. The predicted octanol–water partition coefficient (Wildman–Crippen LogP) is 8.11. The van der Waals surface area contributed by atoms with Crippen LogP contribution in [0.5, 0.6) is 0 Å². The van der Waals surface area contributed by atoms with E-state index >= 15 is 0 Å². The van der Waals surface area contributed by atoms with Crippen LogP contribution in [0.1, 0.15) is 56.1 Å². The molecule has 7 heteroatoms. The number of hydrogen-bond donors (Lipinski definition) is 1. The van der Waals surface area contributed by atoms with Crippen LogP contribution >= 0.6 is 0 Å². The van der Waals surface area contributed by atoms with Crippen LogP contribution in [-0.2, 0) is 12.7 Å². The van der Waals surface area contributed by atoms with Crippen molar-refractivity contribution < 1.29 is 13.2 Å². The summed E-state index contributed by atoms with van der Waals surface area (Å²) in [6.45, 7) is 2.72. The summed E-state index contributed by atoms with van der Waals surface area (Å²) >= 11 is 0. The maximum Gasteiger partial charge on any atom is 0.416 e. The van der Waals surface area contributed by atoms with E-state index in [1.165, 1.54) is 54.5 Å². The zero-order valence-electron chi connectivity index (χ0n) is 23.6. The molecule has 2 aliphatic rings. The summed E-state index contributed by atoms with van der Waals surface area (Å²) in [5.41, 5.74) is 3.98. The molecule has 40 heavy (non-hydrogen) atoms. The molecule has 3 atom stereocenters. The maximum atomic E-state index is 13.0. The second-order valence-corrected chi connectivity index (χ2v) is 11.9. The van der Waals surface area contributed by atoms with Gasteiger partial charge in [0.1, 0.15) is 5.82 Å². The summed E-state index contributed by atoms with van der Waals surface area (Å²) in [7, 11) is 4.17. The van der Waals surface area contributed by atoms with Crippen LogP contribution < -0.4 is 10.2 Å². The first-order valence-electron chi connectivity index (χ1n) is 14.6. The minimum atomic E-state index is -4.30. The maximum absolute atomic E-state index is 13.0. The smallest absolute Gasteiger partial charge is 0.371 e. The van der Waals surface area contributed by atoms with Gasteiger partial charge >= 0.3 is 6.18 Å². The Morgan fingerprint density at radius 1 is 0.925 bits per heavy atom. The molecular formula is C33H41F3N4. The molecular weight excluding hydrogens is 509 g/mol. The van der Waals surface area contributed by atoms with Crippen LogP contribution in [-0.4, -0.2) is 43.1 Å². The van der Waals surface area contributed by atoms with E-state index in [0.717, 1.165) is 50.4 Å². The Morgan fingerprint density at radius 2 is 1.70 bits per heavy atom. The van der Waals surface area contributed by atoms with Crippen molar-refractivity contribution in [2.24, 2.45) is 11.8 Å². The summed E-state index contributed by atoms with van der Waals surface area (Å²) in [5, 5.41) is 3.80. The van der Waals surface area contributed by atoms with Gasteiger partial charge in [-0.05, 0) is 117 Å². The predicted molar refractivity (Wildman–Crippen MR) is 157 cm³/mol. The topological polar surface area (TPSA) is 31.4 Å². The average molecular weight is 551 g/mol. The van der Waals surface area contributed by atoms with E-state index in [1.54, 1.807) is 12.1 Å². The van der Waals surface area contributed by atoms with Crippen LogP contribution in [0.3, 0.4) is 0 Å². The third-order valence-corrected chi connectivity index (χ3v) is 8.48. The molecule has 3 aromatic rings. The highest BCUT2D eigenvalue weighted by molar-refractivity contribution is 5.67. The van der Waals surface area contributed by atoms with Crippen LogP contribution in [0.15, 0.2) is 66.9 Å². The number of nitrogens with one attached hydrogen (secondary N) is 1. The van der Waals surface area contributed by atoms with Crippen molar-refractivity contribution in [3.8, 4) is 11.1 Å². The lowest BCUT2D eigenvalue weighted by atomic mass is 9.77. The molecule has 0 unspecified atom stereocenters. The van der Waals surface area contributed by atoms with E-state index in [2.05, 4.69) is 70.6 Å². The van der Waals surface area contributed by atoms with E-state index in [0.29, 0.717) is 17.9 Å². The number of rotatable bonds is 8. The Hall–Kier alpha value is -3.06. The van der Waals surface area contributed by atoms with Gasteiger partial charge in [0.05, 0.1) is 5.56 Å². The Morgan fingerprint density at radius 3 is 2.48 bits per heavy atom. The van der Waals surface area contributed by atoms with E-state index < -0.39 is 11.7 Å². The molecule has 1 saturated heterocycles. The molecule has 4 nitrogen and oxygen atoms in total. The first-order chi connectivity index (χ1) is 19.2. The number of aromatic nitrogens is 1. The Balaban J connectivity index is 1.23. The fourth-order valence-corrected chi connectivity index (χ4v) is 6.55. The van der Waals surface area contributed by atoms with Crippen LogP contribution in [0.25, 0.3) is 11.1 Å². The fraction of sp³-hybridized carbons (Fsp3) is 0.485. The summed E-state index contributed by atoms with van der Waals surface area (Å²) in [6, 6.07) is 19.0. The van der Waals surface area contributed by atoms with Gasteiger partial charge in [0.15, 0.2) is 0 Å². The number of anilines is 2. The number of pyridine rings is 1. The van der Waals surface area contributed by atoms with Gasteiger partial charge in [0.2, 0.25) is 0 Å². The van der Waals surface area contributed by atoms with Crippen LogP contribution in [0.4, 0.5) is 24.7 Å². The van der Waals surface area contributed by atoms with Gasteiger partial charge in [0, 0.05) is 37.6 Å². The van der Waals surface area contributed by atoms with Crippen molar-refractivity contribution in [2.45, 2.75) is 63.7 Å². The Bertz CT molecular complexity index is 1240. The molecule has 0 bridgehead atoms. The highest BCUT2D eigenvalue weighted by Gasteiger charge is 2.32. The van der Waals surface area contributed by atoms with E-state index in [1.807, 2.05) is 6.20 Å². The second-order valence-electron chi connectivity index (χ2n) is 11.9. The first kappa shape index (κ1) is 28.5. The SMILES string of the molecule is CN(C)Cc1cccc(-c2ccnc(N[C@@H]3CCCC[C@H]3C[C@H]3CCCN(c4ccc(C(F)(F)F)cc4)C3)c2)c1. The molecule has 5 rings (SSSR count). The van der Waals surface area contributed by atoms with Crippen molar-refractivity contribution in [3.63, 3.8) is 0 Å². The van der Waals surface area contributed by atoms with Gasteiger partial charge in [0.25, 0.3) is 0 Å². The van der Waals surface area contributed by atoms with Gasteiger partial charge in [-0.15, -0.1) is 0 Å². The van der Waals surface area contributed by atoms with Crippen molar-refractivity contribution in [1.29, 1.82) is 0 Å². The number of nitrogens with zero attached hydrogens (tertiary/aromatic N) is 3. The highest BCUT2D eigenvalue weighted by atomic mass is 19.4. The third kappa shape index (κ3) is 7.36. The number of hydrogen-bond acceptors (Lipinski definition) is 4. The van der Waals surface area contributed by atoms with E-state index in [-0.39, 0.29) is 0 Å². The summed E-state index contributed by atoms with van der Waals surface area (Å²) in [5.74, 6) is 2.05. The van der Waals surface area contributed by atoms with Crippen molar-refractivity contribution >= 4 is 11.5 Å². The molecule has 2 heterocycles. The van der Waals surface area contributed by atoms with Crippen molar-refractivity contribution in [2.75, 3.05) is 37.4 Å². The molecule has 0 spiro atoms. The minimum Gasteiger partial charge on any atom is -0.371 e. The molecule has 1 saturated carbocycles. The fourth-order valence-electron chi connectivity index (χ4n) is 6.55. The molecule has 1 aromatic heterocycles. The normalized spacial score (nSPS) is 21.9. The molecule has 0 amide bonds. The highest BCUT2D eigenvalue weighted by Crippen LogP contribution is 2.36. The summed E-state index contributed by atoms with van der Waals surface area (Å²) in [6.07, 6.45) is 5.83. The van der Waals surface area contributed by atoms with E-state index in [4.69, 9.17) is 0 Å². The van der Waals surface area contributed by atoms with Gasteiger partial charge in [-0.3, -0.25) is 0 Å². The zero-order valence-corrected chi connectivity index (χ0v) is 23.6. The standard InChI is InChI=1S/C33H41F3N4/c1-39(2)22-24-7-5-10-26(19-24)27-16-17-37-32(21-27)38-31-11-4-3-9-28(31)20-25-8-6-18-40(23-25)30-14-12-29(13-15-30)33(34,35)36/h5,7,10,12-17,19,21,25,28,31H,3-4,6,8-9,11,18,20,22-23H2,1-2H3,(H,37,38)/t25-,28+,31-/m1/s1.